The zero-order valence-electron chi connectivity index (χ0n) is 23.9. The van der Waals surface area contributed by atoms with Crippen LogP contribution in [0.1, 0.15) is 36.1 Å². The average Bonchev–Trinajstić information content (AvgIpc) is 3.51. The molecule has 0 radical (unpaired) electrons. The van der Waals surface area contributed by atoms with Gasteiger partial charge in [0.25, 0.3) is 0 Å². The summed E-state index contributed by atoms with van der Waals surface area (Å²) in [6.07, 6.45) is 4.55. The molecule has 6 rings (SSSR count). The molecule has 2 aliphatic heterocycles. The van der Waals surface area contributed by atoms with E-state index in [1.165, 1.54) is 75.8 Å². The molecule has 40 heavy (non-hydrogen) atoms. The SMILES string of the molecule is CC1=CN(c2cccc(-c3c(C)cccc3C)c2)/C(=C2\SC(C)=CN2c2cccc(-c3c(C)cccc3C)c2)S1. The summed E-state index contributed by atoms with van der Waals surface area (Å²) in [6.45, 7) is 13.2. The maximum Gasteiger partial charge on any atom is 0.116 e. The van der Waals surface area contributed by atoms with Crippen molar-refractivity contribution in [3.8, 4) is 22.3 Å². The topological polar surface area (TPSA) is 6.48 Å². The maximum absolute atomic E-state index is 2.37. The van der Waals surface area contributed by atoms with Crippen molar-refractivity contribution in [1.29, 1.82) is 0 Å². The lowest BCUT2D eigenvalue weighted by Gasteiger charge is -2.25. The number of thioether (sulfide) groups is 2. The monoisotopic (exact) mass is 558 g/mol. The van der Waals surface area contributed by atoms with Gasteiger partial charge < -0.3 is 9.80 Å². The quantitative estimate of drug-likeness (QED) is 0.246. The summed E-state index contributed by atoms with van der Waals surface area (Å²) in [5.74, 6) is 0. The van der Waals surface area contributed by atoms with E-state index in [0.717, 1.165) is 0 Å². The van der Waals surface area contributed by atoms with Crippen LogP contribution in [-0.2, 0) is 0 Å². The largest absolute Gasteiger partial charge is 0.308 e. The minimum absolute atomic E-state index is 1.18. The lowest BCUT2D eigenvalue weighted by atomic mass is 9.95. The van der Waals surface area contributed by atoms with Crippen LogP contribution >= 0.6 is 23.5 Å². The number of anilines is 2. The van der Waals surface area contributed by atoms with Gasteiger partial charge >= 0.3 is 0 Å². The third-order valence-electron chi connectivity index (χ3n) is 7.55. The van der Waals surface area contributed by atoms with Crippen LogP contribution in [0.2, 0.25) is 0 Å². The number of hydrogen-bond acceptors (Lipinski definition) is 4. The predicted octanol–water partition coefficient (Wildman–Crippen LogP) is 10.9. The van der Waals surface area contributed by atoms with Crippen LogP contribution in [0.3, 0.4) is 0 Å². The van der Waals surface area contributed by atoms with Crippen LogP contribution in [0.25, 0.3) is 22.3 Å². The smallest absolute Gasteiger partial charge is 0.116 e. The van der Waals surface area contributed by atoms with Crippen LogP contribution in [-0.4, -0.2) is 0 Å². The predicted molar refractivity (Wildman–Crippen MR) is 177 cm³/mol. The molecule has 0 spiro atoms. The molecule has 0 amide bonds. The average molecular weight is 559 g/mol. The van der Waals surface area contributed by atoms with E-state index in [4.69, 9.17) is 0 Å². The highest BCUT2D eigenvalue weighted by Crippen LogP contribution is 2.50. The van der Waals surface area contributed by atoms with Gasteiger partial charge in [-0.3, -0.25) is 0 Å². The Labute approximate surface area is 247 Å². The van der Waals surface area contributed by atoms with Crippen molar-refractivity contribution in [3.05, 3.63) is 139 Å². The molecule has 200 valence electrons. The molecule has 2 nitrogen and oxygen atoms in total. The fourth-order valence-corrected chi connectivity index (χ4v) is 7.84. The fourth-order valence-electron chi connectivity index (χ4n) is 5.78. The third kappa shape index (κ3) is 4.91. The van der Waals surface area contributed by atoms with Gasteiger partial charge in [0, 0.05) is 33.6 Å². The van der Waals surface area contributed by atoms with E-state index in [2.05, 4.69) is 149 Å². The normalized spacial score (nSPS) is 16.9. The molecule has 2 heterocycles. The summed E-state index contributed by atoms with van der Waals surface area (Å²) in [7, 11) is 0. The molecule has 4 heteroatoms. The van der Waals surface area contributed by atoms with Crippen LogP contribution in [0.15, 0.2) is 117 Å². The number of allylic oxidation sites excluding steroid dienone is 2. The van der Waals surface area contributed by atoms with Crippen molar-refractivity contribution < 1.29 is 0 Å². The molecule has 0 aliphatic carbocycles. The highest BCUT2D eigenvalue weighted by atomic mass is 32.2. The van der Waals surface area contributed by atoms with E-state index in [-0.39, 0.29) is 0 Å². The standard InChI is InChI=1S/C36H34N2S2/c1-23-11-7-12-24(2)33(23)29-15-9-17-31(19-29)37-21-27(5)39-35(37)36-38(22-28(6)40-36)32-18-10-16-30(20-32)34-25(3)13-8-14-26(34)4/h7-22H,1-6H3/b36-35+. The van der Waals surface area contributed by atoms with Crippen molar-refractivity contribution in [2.75, 3.05) is 9.80 Å². The second-order valence-electron chi connectivity index (χ2n) is 10.7. The molecule has 0 bridgehead atoms. The Hall–Kier alpha value is -3.60. The third-order valence-corrected chi connectivity index (χ3v) is 9.70. The molecule has 0 atom stereocenters. The molecular formula is C36H34N2S2. The second kappa shape index (κ2) is 10.8. The molecule has 0 saturated heterocycles. The number of hydrogen-bond donors (Lipinski definition) is 0. The van der Waals surface area contributed by atoms with Gasteiger partial charge in [-0.1, -0.05) is 84.2 Å². The molecule has 0 saturated carbocycles. The summed E-state index contributed by atoms with van der Waals surface area (Å²) in [4.78, 5) is 7.31. The minimum atomic E-state index is 1.18. The highest BCUT2D eigenvalue weighted by Gasteiger charge is 2.30. The Bertz CT molecular complexity index is 1560. The van der Waals surface area contributed by atoms with Crippen molar-refractivity contribution in [2.45, 2.75) is 41.5 Å². The maximum atomic E-state index is 2.37. The van der Waals surface area contributed by atoms with Gasteiger partial charge in [-0.2, -0.15) is 0 Å². The number of nitrogens with zero attached hydrogens (tertiary/aromatic N) is 2. The van der Waals surface area contributed by atoms with Crippen molar-refractivity contribution in [1.82, 2.24) is 0 Å². The number of aryl methyl sites for hydroxylation is 4. The number of benzene rings is 4. The van der Waals surface area contributed by atoms with Crippen LogP contribution in [0.4, 0.5) is 11.4 Å². The summed E-state index contributed by atoms with van der Waals surface area (Å²) >= 11 is 3.70. The first-order valence-corrected chi connectivity index (χ1v) is 15.3. The zero-order valence-corrected chi connectivity index (χ0v) is 25.6. The summed E-state index contributed by atoms with van der Waals surface area (Å²) < 4.78 is 0. The van der Waals surface area contributed by atoms with E-state index >= 15 is 0 Å². The van der Waals surface area contributed by atoms with Crippen molar-refractivity contribution >= 4 is 34.9 Å². The van der Waals surface area contributed by atoms with E-state index in [0.29, 0.717) is 0 Å². The molecule has 0 aromatic heterocycles. The summed E-state index contributed by atoms with van der Waals surface area (Å²) in [5.41, 5.74) is 12.7. The first-order valence-electron chi connectivity index (χ1n) is 13.7. The van der Waals surface area contributed by atoms with Gasteiger partial charge in [-0.25, -0.2) is 0 Å². The Morgan fingerprint density at radius 3 is 1.18 bits per heavy atom. The van der Waals surface area contributed by atoms with Crippen LogP contribution in [0, 0.1) is 27.7 Å². The van der Waals surface area contributed by atoms with E-state index in [9.17, 15) is 0 Å². The van der Waals surface area contributed by atoms with Gasteiger partial charge in [0.2, 0.25) is 0 Å². The zero-order chi connectivity index (χ0) is 28.0. The molecule has 4 aromatic rings. The van der Waals surface area contributed by atoms with E-state index in [1.807, 2.05) is 23.5 Å². The van der Waals surface area contributed by atoms with Crippen LogP contribution in [0.5, 0.6) is 0 Å². The molecule has 2 aliphatic rings. The first kappa shape index (κ1) is 26.6. The van der Waals surface area contributed by atoms with E-state index < -0.39 is 0 Å². The van der Waals surface area contributed by atoms with Gasteiger partial charge in [0.15, 0.2) is 0 Å². The molecule has 4 aromatic carbocycles. The Morgan fingerprint density at radius 1 is 0.450 bits per heavy atom. The second-order valence-corrected chi connectivity index (χ2v) is 13.1. The van der Waals surface area contributed by atoms with Gasteiger partial charge in [0.05, 0.1) is 0 Å². The number of rotatable bonds is 4. The Kier molecular flexibility index (Phi) is 7.16. The first-order chi connectivity index (χ1) is 19.3. The molecule has 0 N–H and O–H groups in total. The summed E-state index contributed by atoms with van der Waals surface area (Å²) in [5, 5.41) is 2.48. The van der Waals surface area contributed by atoms with Crippen LogP contribution < -0.4 is 9.80 Å². The Balaban J connectivity index is 1.43. The van der Waals surface area contributed by atoms with Gasteiger partial charge in [-0.15, -0.1) is 0 Å². The molecule has 0 unspecified atom stereocenters. The molecular weight excluding hydrogens is 525 g/mol. The Morgan fingerprint density at radius 2 is 0.800 bits per heavy atom. The highest BCUT2D eigenvalue weighted by molar-refractivity contribution is 8.10. The molecule has 0 fully saturated rings. The summed E-state index contributed by atoms with van der Waals surface area (Å²) in [6, 6.07) is 31.0. The van der Waals surface area contributed by atoms with Crippen molar-refractivity contribution in [2.24, 2.45) is 0 Å². The van der Waals surface area contributed by atoms with Crippen molar-refractivity contribution in [3.63, 3.8) is 0 Å². The minimum Gasteiger partial charge on any atom is -0.308 e. The lowest BCUT2D eigenvalue weighted by molar-refractivity contribution is 1.19. The van der Waals surface area contributed by atoms with Gasteiger partial charge in [-0.05, 0) is 110 Å². The van der Waals surface area contributed by atoms with E-state index in [1.54, 1.807) is 0 Å². The van der Waals surface area contributed by atoms with Gasteiger partial charge in [0.1, 0.15) is 10.1 Å². The fraction of sp³-hybridized carbons (Fsp3) is 0.167. The lowest BCUT2D eigenvalue weighted by Crippen LogP contribution is -2.18.